The number of hydrogen-bond acceptors (Lipinski definition) is 6. The monoisotopic (exact) mass is 380 g/mol. The largest absolute Gasteiger partial charge is 0.497 e. The van der Waals surface area contributed by atoms with Crippen molar-refractivity contribution in [1.29, 1.82) is 0 Å². The maximum Gasteiger partial charge on any atom is 0.331 e. The lowest BCUT2D eigenvalue weighted by Crippen LogP contribution is -2.53. The Morgan fingerprint density at radius 3 is 2.57 bits per heavy atom. The fraction of sp³-hybridized carbons (Fsp3) is 0.150. The minimum Gasteiger partial charge on any atom is -0.497 e. The number of barbiturate groups is 1. The summed E-state index contributed by atoms with van der Waals surface area (Å²) >= 11 is 0. The molecule has 4 rings (SSSR count). The van der Waals surface area contributed by atoms with E-state index in [-0.39, 0.29) is 18.9 Å². The van der Waals surface area contributed by atoms with Gasteiger partial charge in [-0.3, -0.25) is 19.8 Å². The predicted octanol–water partition coefficient (Wildman–Crippen LogP) is 2.09. The standard InChI is InChI=1S/C20H16N2O6/c1-26-14-5-2-12(3-6-14)10-22-19(24)15(18(23)21-20(22)25)8-13-4-7-16-17(9-13)28-11-27-16/h2-9H,10-11H2,1H3,(H,21,23,25)/b15-8-. The van der Waals surface area contributed by atoms with Gasteiger partial charge in [-0.2, -0.15) is 0 Å². The zero-order valence-electron chi connectivity index (χ0n) is 14.9. The number of benzene rings is 2. The third-order valence-corrected chi connectivity index (χ3v) is 4.39. The summed E-state index contributed by atoms with van der Waals surface area (Å²) in [6.07, 6.45) is 1.42. The summed E-state index contributed by atoms with van der Waals surface area (Å²) in [4.78, 5) is 38.2. The summed E-state index contributed by atoms with van der Waals surface area (Å²) in [5, 5.41) is 2.20. The number of rotatable bonds is 4. The number of fused-ring (bicyclic) bond motifs is 1. The summed E-state index contributed by atoms with van der Waals surface area (Å²) in [6, 6.07) is 11.3. The number of nitrogens with zero attached hydrogens (tertiary/aromatic N) is 1. The van der Waals surface area contributed by atoms with E-state index in [2.05, 4.69) is 5.32 Å². The van der Waals surface area contributed by atoms with E-state index in [0.717, 1.165) is 10.5 Å². The lowest BCUT2D eigenvalue weighted by atomic mass is 10.1. The molecule has 8 nitrogen and oxygen atoms in total. The minimum absolute atomic E-state index is 0.0282. The van der Waals surface area contributed by atoms with Crippen LogP contribution in [0.1, 0.15) is 11.1 Å². The van der Waals surface area contributed by atoms with Crippen molar-refractivity contribution in [3.63, 3.8) is 0 Å². The molecule has 0 spiro atoms. The molecule has 4 amide bonds. The number of methoxy groups -OCH3 is 1. The van der Waals surface area contributed by atoms with Crippen molar-refractivity contribution in [2.75, 3.05) is 13.9 Å². The van der Waals surface area contributed by atoms with E-state index >= 15 is 0 Å². The van der Waals surface area contributed by atoms with Crippen molar-refractivity contribution >= 4 is 23.9 Å². The fourth-order valence-electron chi connectivity index (χ4n) is 2.92. The molecule has 1 fully saturated rings. The first kappa shape index (κ1) is 17.6. The molecule has 28 heavy (non-hydrogen) atoms. The highest BCUT2D eigenvalue weighted by molar-refractivity contribution is 6.30. The number of imide groups is 2. The van der Waals surface area contributed by atoms with Gasteiger partial charge in [-0.25, -0.2) is 4.79 Å². The van der Waals surface area contributed by atoms with Crippen molar-refractivity contribution in [1.82, 2.24) is 10.2 Å². The van der Waals surface area contributed by atoms with Gasteiger partial charge in [-0.05, 0) is 41.5 Å². The SMILES string of the molecule is COc1ccc(CN2C(=O)NC(=O)/C(=C/c3ccc4c(c3)OCO4)C2=O)cc1. The molecular formula is C20H16N2O6. The van der Waals surface area contributed by atoms with Crippen LogP contribution < -0.4 is 19.5 Å². The van der Waals surface area contributed by atoms with Crippen LogP contribution in [0.25, 0.3) is 6.08 Å². The molecule has 2 heterocycles. The van der Waals surface area contributed by atoms with Crippen LogP contribution in [0, 0.1) is 0 Å². The maximum absolute atomic E-state index is 12.8. The maximum atomic E-state index is 12.8. The number of amides is 4. The minimum atomic E-state index is -0.756. The Morgan fingerprint density at radius 2 is 1.82 bits per heavy atom. The van der Waals surface area contributed by atoms with Crippen LogP contribution in [-0.2, 0) is 16.1 Å². The van der Waals surface area contributed by atoms with Gasteiger partial charge in [0.05, 0.1) is 13.7 Å². The van der Waals surface area contributed by atoms with Gasteiger partial charge in [-0.15, -0.1) is 0 Å². The van der Waals surface area contributed by atoms with Crippen molar-refractivity contribution in [2.45, 2.75) is 6.54 Å². The van der Waals surface area contributed by atoms with Gasteiger partial charge in [0.2, 0.25) is 6.79 Å². The number of carbonyl (C=O) groups is 3. The highest BCUT2D eigenvalue weighted by Gasteiger charge is 2.35. The Hall–Kier alpha value is -3.81. The van der Waals surface area contributed by atoms with Crippen LogP contribution in [0.4, 0.5) is 4.79 Å². The van der Waals surface area contributed by atoms with Crippen molar-refractivity contribution in [2.24, 2.45) is 0 Å². The summed E-state index contributed by atoms with van der Waals surface area (Å²) in [5.74, 6) is 0.389. The fourth-order valence-corrected chi connectivity index (χ4v) is 2.92. The molecule has 0 aromatic heterocycles. The highest BCUT2D eigenvalue weighted by Crippen LogP contribution is 2.33. The summed E-state index contributed by atoms with van der Waals surface area (Å²) in [6.45, 7) is 0.152. The Kier molecular flexibility index (Phi) is 4.44. The van der Waals surface area contributed by atoms with E-state index in [1.165, 1.54) is 6.08 Å². The first-order valence-electron chi connectivity index (χ1n) is 8.46. The van der Waals surface area contributed by atoms with Gasteiger partial charge in [0.1, 0.15) is 11.3 Å². The van der Waals surface area contributed by atoms with Crippen LogP contribution in [-0.4, -0.2) is 36.6 Å². The molecule has 2 aliphatic rings. The number of nitrogens with one attached hydrogen (secondary N) is 1. The van der Waals surface area contributed by atoms with Crippen LogP contribution in [0.3, 0.4) is 0 Å². The van der Waals surface area contributed by atoms with E-state index < -0.39 is 17.8 Å². The molecule has 0 radical (unpaired) electrons. The molecule has 8 heteroatoms. The number of hydrogen-bond donors (Lipinski definition) is 1. The lowest BCUT2D eigenvalue weighted by molar-refractivity contribution is -0.130. The Bertz CT molecular complexity index is 996. The second-order valence-corrected chi connectivity index (χ2v) is 6.17. The molecule has 0 atom stereocenters. The normalized spacial score (nSPS) is 17.1. The smallest absolute Gasteiger partial charge is 0.331 e. The zero-order valence-corrected chi connectivity index (χ0v) is 14.9. The van der Waals surface area contributed by atoms with Crippen molar-refractivity contribution in [3.8, 4) is 17.2 Å². The van der Waals surface area contributed by atoms with Crippen molar-refractivity contribution < 1.29 is 28.6 Å². The van der Waals surface area contributed by atoms with E-state index in [1.807, 2.05) is 0 Å². The first-order chi connectivity index (χ1) is 13.5. The highest BCUT2D eigenvalue weighted by atomic mass is 16.7. The van der Waals surface area contributed by atoms with Crippen molar-refractivity contribution in [3.05, 3.63) is 59.2 Å². The Balaban J connectivity index is 1.60. The number of carbonyl (C=O) groups excluding carboxylic acids is 3. The summed E-state index contributed by atoms with van der Waals surface area (Å²) in [5.41, 5.74) is 1.18. The third kappa shape index (κ3) is 3.27. The summed E-state index contributed by atoms with van der Waals surface area (Å²) in [7, 11) is 1.55. The molecule has 0 aliphatic carbocycles. The molecule has 2 aliphatic heterocycles. The van der Waals surface area contributed by atoms with Crippen LogP contribution in [0.2, 0.25) is 0 Å². The molecule has 0 unspecified atom stereocenters. The average molecular weight is 380 g/mol. The average Bonchev–Trinajstić information content (AvgIpc) is 3.17. The summed E-state index contributed by atoms with van der Waals surface area (Å²) < 4.78 is 15.7. The van der Waals surface area contributed by atoms with E-state index in [1.54, 1.807) is 49.6 Å². The molecule has 0 saturated carbocycles. The van der Waals surface area contributed by atoms with Crippen LogP contribution >= 0.6 is 0 Å². The van der Waals surface area contributed by atoms with Gasteiger partial charge >= 0.3 is 6.03 Å². The molecule has 142 valence electrons. The van der Waals surface area contributed by atoms with Gasteiger partial charge in [0.15, 0.2) is 11.5 Å². The van der Waals surface area contributed by atoms with Crippen LogP contribution in [0.5, 0.6) is 17.2 Å². The molecule has 0 bridgehead atoms. The van der Waals surface area contributed by atoms with E-state index in [9.17, 15) is 14.4 Å². The Morgan fingerprint density at radius 1 is 1.07 bits per heavy atom. The van der Waals surface area contributed by atoms with Gasteiger partial charge in [0.25, 0.3) is 11.8 Å². The number of ether oxygens (including phenoxy) is 3. The second-order valence-electron chi connectivity index (χ2n) is 6.17. The molecule has 1 saturated heterocycles. The van der Waals surface area contributed by atoms with Gasteiger partial charge < -0.3 is 14.2 Å². The quantitative estimate of drug-likeness (QED) is 0.645. The molecule has 2 aromatic rings. The number of urea groups is 1. The third-order valence-electron chi connectivity index (χ3n) is 4.39. The van der Waals surface area contributed by atoms with E-state index in [4.69, 9.17) is 14.2 Å². The molecule has 2 aromatic carbocycles. The zero-order chi connectivity index (χ0) is 19.7. The van der Waals surface area contributed by atoms with E-state index in [0.29, 0.717) is 22.8 Å². The predicted molar refractivity (Wildman–Crippen MR) is 97.6 cm³/mol. The Labute approximate surface area is 160 Å². The lowest BCUT2D eigenvalue weighted by Gasteiger charge is -2.26. The molecular weight excluding hydrogens is 364 g/mol. The topological polar surface area (TPSA) is 94.2 Å². The second kappa shape index (κ2) is 7.07. The molecule has 1 N–H and O–H groups in total. The van der Waals surface area contributed by atoms with Crippen LogP contribution in [0.15, 0.2) is 48.0 Å². The van der Waals surface area contributed by atoms with Gasteiger partial charge in [-0.1, -0.05) is 18.2 Å². The first-order valence-corrected chi connectivity index (χ1v) is 8.46. The van der Waals surface area contributed by atoms with Gasteiger partial charge in [0, 0.05) is 0 Å².